The number of benzene rings is 2. The highest BCUT2D eigenvalue weighted by atomic mass is 35.5. The van der Waals surface area contributed by atoms with Gasteiger partial charge in [-0.25, -0.2) is 0 Å². The van der Waals surface area contributed by atoms with Crippen molar-refractivity contribution in [2.75, 3.05) is 19.0 Å². The van der Waals surface area contributed by atoms with Gasteiger partial charge in [0.1, 0.15) is 5.75 Å². The highest BCUT2D eigenvalue weighted by Crippen LogP contribution is 2.33. The third-order valence-corrected chi connectivity index (χ3v) is 3.26. The maximum atomic E-state index is 6.27. The molecule has 3 nitrogen and oxygen atoms in total. The predicted molar refractivity (Wildman–Crippen MR) is 79.9 cm³/mol. The first kappa shape index (κ1) is 13.7. The van der Waals surface area contributed by atoms with Gasteiger partial charge in [0.2, 0.25) is 0 Å². The van der Waals surface area contributed by atoms with Crippen LogP contribution in [0.25, 0.3) is 0 Å². The molecule has 1 unspecified atom stereocenters. The van der Waals surface area contributed by atoms with Crippen LogP contribution in [0.1, 0.15) is 11.6 Å². The molecule has 0 aromatic heterocycles. The summed E-state index contributed by atoms with van der Waals surface area (Å²) < 4.78 is 5.37. The van der Waals surface area contributed by atoms with Crippen LogP contribution in [0.5, 0.6) is 5.75 Å². The Morgan fingerprint density at radius 3 is 2.53 bits per heavy atom. The van der Waals surface area contributed by atoms with E-state index in [-0.39, 0.29) is 6.04 Å². The number of halogens is 1. The standard InChI is InChI=1S/C15H17ClN2O/c1-19-14-9-5-8-12(16)15(14)13(10-17)18-11-6-3-2-4-7-11/h2-9,13,18H,10,17H2,1H3. The maximum Gasteiger partial charge on any atom is 0.125 e. The second kappa shape index (κ2) is 6.45. The molecule has 2 rings (SSSR count). The van der Waals surface area contributed by atoms with E-state index in [1.807, 2.05) is 48.5 Å². The van der Waals surface area contributed by atoms with Gasteiger partial charge in [-0.2, -0.15) is 0 Å². The minimum Gasteiger partial charge on any atom is -0.496 e. The van der Waals surface area contributed by atoms with E-state index in [2.05, 4.69) is 5.32 Å². The highest BCUT2D eigenvalue weighted by Gasteiger charge is 2.17. The van der Waals surface area contributed by atoms with Crippen LogP contribution < -0.4 is 15.8 Å². The average molecular weight is 277 g/mol. The molecule has 2 aromatic rings. The molecule has 0 aliphatic rings. The van der Waals surface area contributed by atoms with E-state index in [0.717, 1.165) is 17.0 Å². The Balaban J connectivity index is 2.32. The van der Waals surface area contributed by atoms with E-state index in [0.29, 0.717) is 11.6 Å². The van der Waals surface area contributed by atoms with Crippen LogP contribution in [-0.4, -0.2) is 13.7 Å². The van der Waals surface area contributed by atoms with E-state index in [1.54, 1.807) is 7.11 Å². The van der Waals surface area contributed by atoms with Gasteiger partial charge in [-0.05, 0) is 24.3 Å². The minimum atomic E-state index is -0.0916. The summed E-state index contributed by atoms with van der Waals surface area (Å²) in [6, 6.07) is 15.4. The smallest absolute Gasteiger partial charge is 0.125 e. The van der Waals surface area contributed by atoms with Gasteiger partial charge in [0.25, 0.3) is 0 Å². The second-order valence-electron chi connectivity index (χ2n) is 4.15. The van der Waals surface area contributed by atoms with Crippen molar-refractivity contribution >= 4 is 17.3 Å². The van der Waals surface area contributed by atoms with Gasteiger partial charge >= 0.3 is 0 Å². The first-order valence-electron chi connectivity index (χ1n) is 6.10. The predicted octanol–water partition coefficient (Wildman–Crippen LogP) is 3.46. The molecule has 0 amide bonds. The number of hydrogen-bond donors (Lipinski definition) is 2. The SMILES string of the molecule is COc1cccc(Cl)c1C(CN)Nc1ccccc1. The van der Waals surface area contributed by atoms with Crippen molar-refractivity contribution in [2.24, 2.45) is 5.73 Å². The van der Waals surface area contributed by atoms with Crippen LogP contribution in [0.4, 0.5) is 5.69 Å². The van der Waals surface area contributed by atoms with Crippen LogP contribution in [-0.2, 0) is 0 Å². The molecule has 0 saturated heterocycles. The fourth-order valence-electron chi connectivity index (χ4n) is 2.02. The Hall–Kier alpha value is -1.71. The van der Waals surface area contributed by atoms with Crippen LogP contribution in [0, 0.1) is 0 Å². The number of nitrogens with two attached hydrogens (primary N) is 1. The van der Waals surface area contributed by atoms with Crippen molar-refractivity contribution in [2.45, 2.75) is 6.04 Å². The molecule has 0 bridgehead atoms. The lowest BCUT2D eigenvalue weighted by molar-refractivity contribution is 0.407. The second-order valence-corrected chi connectivity index (χ2v) is 4.56. The first-order chi connectivity index (χ1) is 9.26. The largest absolute Gasteiger partial charge is 0.496 e. The zero-order valence-corrected chi connectivity index (χ0v) is 11.5. The number of ether oxygens (including phenoxy) is 1. The third kappa shape index (κ3) is 3.19. The third-order valence-electron chi connectivity index (χ3n) is 2.93. The summed E-state index contributed by atoms with van der Waals surface area (Å²) in [6.07, 6.45) is 0. The van der Waals surface area contributed by atoms with Crippen molar-refractivity contribution in [1.29, 1.82) is 0 Å². The van der Waals surface area contributed by atoms with Crippen molar-refractivity contribution in [1.82, 2.24) is 0 Å². The Kier molecular flexibility index (Phi) is 4.66. The fraction of sp³-hybridized carbons (Fsp3) is 0.200. The van der Waals surface area contributed by atoms with Gasteiger partial charge in [-0.1, -0.05) is 35.9 Å². The molecule has 0 heterocycles. The number of nitrogens with one attached hydrogen (secondary N) is 1. The summed E-state index contributed by atoms with van der Waals surface area (Å²) in [6.45, 7) is 0.426. The lowest BCUT2D eigenvalue weighted by Crippen LogP contribution is -2.21. The number of methoxy groups -OCH3 is 1. The summed E-state index contributed by atoms with van der Waals surface area (Å²) in [5.74, 6) is 0.742. The maximum absolute atomic E-state index is 6.27. The quantitative estimate of drug-likeness (QED) is 0.879. The molecule has 0 fully saturated rings. The van der Waals surface area contributed by atoms with E-state index >= 15 is 0 Å². The lowest BCUT2D eigenvalue weighted by atomic mass is 10.0. The molecule has 0 aliphatic carbocycles. The number of para-hydroxylation sites is 1. The Labute approximate surface area is 118 Å². The van der Waals surface area contributed by atoms with Crippen LogP contribution in [0.15, 0.2) is 48.5 Å². The van der Waals surface area contributed by atoms with Crippen LogP contribution >= 0.6 is 11.6 Å². The zero-order valence-electron chi connectivity index (χ0n) is 10.8. The lowest BCUT2D eigenvalue weighted by Gasteiger charge is -2.22. The van der Waals surface area contributed by atoms with Crippen molar-refractivity contribution in [3.8, 4) is 5.75 Å². The monoisotopic (exact) mass is 276 g/mol. The van der Waals surface area contributed by atoms with E-state index in [4.69, 9.17) is 22.1 Å². The fourth-order valence-corrected chi connectivity index (χ4v) is 2.32. The molecule has 100 valence electrons. The summed E-state index contributed by atoms with van der Waals surface area (Å²) in [5, 5.41) is 4.02. The van der Waals surface area contributed by atoms with Gasteiger partial charge in [-0.3, -0.25) is 0 Å². The number of rotatable bonds is 5. The summed E-state index contributed by atoms with van der Waals surface area (Å²) in [5.41, 5.74) is 7.76. The van der Waals surface area contributed by atoms with E-state index in [1.165, 1.54) is 0 Å². The average Bonchev–Trinajstić information content (AvgIpc) is 2.46. The van der Waals surface area contributed by atoms with Crippen LogP contribution in [0.3, 0.4) is 0 Å². The van der Waals surface area contributed by atoms with Gasteiger partial charge in [0, 0.05) is 22.8 Å². The first-order valence-corrected chi connectivity index (χ1v) is 6.48. The van der Waals surface area contributed by atoms with Crippen LogP contribution in [0.2, 0.25) is 5.02 Å². The molecular weight excluding hydrogens is 260 g/mol. The summed E-state index contributed by atoms with van der Waals surface area (Å²) in [4.78, 5) is 0. The van der Waals surface area contributed by atoms with Gasteiger partial charge in [0.15, 0.2) is 0 Å². The van der Waals surface area contributed by atoms with Crippen molar-refractivity contribution in [3.63, 3.8) is 0 Å². The Morgan fingerprint density at radius 1 is 1.16 bits per heavy atom. The molecular formula is C15H17ClN2O. The van der Waals surface area contributed by atoms with E-state index < -0.39 is 0 Å². The molecule has 2 aromatic carbocycles. The molecule has 3 N–H and O–H groups in total. The normalized spacial score (nSPS) is 11.9. The molecule has 1 atom stereocenters. The number of anilines is 1. The van der Waals surface area contributed by atoms with Crippen molar-refractivity contribution in [3.05, 3.63) is 59.1 Å². The Morgan fingerprint density at radius 2 is 1.89 bits per heavy atom. The van der Waals surface area contributed by atoms with Gasteiger partial charge in [-0.15, -0.1) is 0 Å². The number of hydrogen-bond acceptors (Lipinski definition) is 3. The highest BCUT2D eigenvalue weighted by molar-refractivity contribution is 6.31. The minimum absolute atomic E-state index is 0.0916. The van der Waals surface area contributed by atoms with Gasteiger partial charge < -0.3 is 15.8 Å². The molecule has 19 heavy (non-hydrogen) atoms. The summed E-state index contributed by atoms with van der Waals surface area (Å²) in [7, 11) is 1.63. The summed E-state index contributed by atoms with van der Waals surface area (Å²) >= 11 is 6.27. The van der Waals surface area contributed by atoms with Crippen molar-refractivity contribution < 1.29 is 4.74 Å². The molecule has 0 saturated carbocycles. The topological polar surface area (TPSA) is 47.3 Å². The molecule has 4 heteroatoms. The van der Waals surface area contributed by atoms with Gasteiger partial charge in [0.05, 0.1) is 13.2 Å². The van der Waals surface area contributed by atoms with E-state index in [9.17, 15) is 0 Å². The molecule has 0 aliphatic heterocycles. The zero-order chi connectivity index (χ0) is 13.7. The Bertz CT molecular complexity index is 531. The molecule has 0 spiro atoms. The molecule has 0 radical (unpaired) electrons.